The average Bonchev–Trinajstić information content (AvgIpc) is 2.47. The van der Waals surface area contributed by atoms with E-state index >= 15 is 0 Å². The number of benzene rings is 1. The molecule has 0 aliphatic rings. The highest BCUT2D eigenvalue weighted by Crippen LogP contribution is 2.32. The van der Waals surface area contributed by atoms with Crippen LogP contribution >= 0.6 is 11.6 Å². The Labute approximate surface area is 126 Å². The van der Waals surface area contributed by atoms with Crippen LogP contribution in [0.3, 0.4) is 0 Å². The number of nitrogens with one attached hydrogen (secondary N) is 1. The number of aliphatic carboxylic acids is 1. The van der Waals surface area contributed by atoms with Gasteiger partial charge in [0.05, 0.1) is 22.6 Å². The van der Waals surface area contributed by atoms with Crippen LogP contribution in [-0.4, -0.2) is 16.1 Å². The zero-order chi connectivity index (χ0) is 15.5. The van der Waals surface area contributed by atoms with Crippen molar-refractivity contribution in [2.45, 2.75) is 18.9 Å². The molecule has 1 unspecified atom stereocenters. The Kier molecular flexibility index (Phi) is 4.43. The van der Waals surface area contributed by atoms with Gasteiger partial charge in [0, 0.05) is 0 Å². The van der Waals surface area contributed by atoms with E-state index in [2.05, 4.69) is 10.3 Å². The standard InChI is InChI=1S/C15H14ClFN2O2/c1-2-15(14(20)21,13-8-7-10(17)9-18-13)19-12-6-4-3-5-11(12)16/h3-9,19H,2H2,1H3,(H,20,21). The molecule has 110 valence electrons. The summed E-state index contributed by atoms with van der Waals surface area (Å²) in [5.41, 5.74) is -0.771. The van der Waals surface area contributed by atoms with Crippen molar-refractivity contribution in [1.29, 1.82) is 0 Å². The third-order valence-electron chi connectivity index (χ3n) is 3.28. The number of anilines is 1. The highest BCUT2D eigenvalue weighted by molar-refractivity contribution is 6.33. The van der Waals surface area contributed by atoms with Gasteiger partial charge in [-0.15, -0.1) is 0 Å². The lowest BCUT2D eigenvalue weighted by atomic mass is 9.91. The molecule has 1 aromatic carbocycles. The fourth-order valence-electron chi connectivity index (χ4n) is 2.07. The molecule has 0 saturated heterocycles. The van der Waals surface area contributed by atoms with Gasteiger partial charge in [0.2, 0.25) is 0 Å². The molecule has 4 nitrogen and oxygen atoms in total. The number of aromatic nitrogens is 1. The number of hydrogen-bond donors (Lipinski definition) is 2. The monoisotopic (exact) mass is 308 g/mol. The number of rotatable bonds is 5. The SMILES string of the molecule is CCC(Nc1ccccc1Cl)(C(=O)O)c1ccc(F)cn1. The first-order valence-electron chi connectivity index (χ1n) is 6.37. The van der Waals surface area contributed by atoms with E-state index in [1.54, 1.807) is 31.2 Å². The Bertz CT molecular complexity index is 648. The quantitative estimate of drug-likeness (QED) is 0.884. The normalized spacial score (nSPS) is 13.5. The van der Waals surface area contributed by atoms with Crippen molar-refractivity contribution in [2.75, 3.05) is 5.32 Å². The van der Waals surface area contributed by atoms with Crippen LogP contribution in [0.15, 0.2) is 42.6 Å². The summed E-state index contributed by atoms with van der Waals surface area (Å²) in [6.07, 6.45) is 1.21. The predicted octanol–water partition coefficient (Wildman–Crippen LogP) is 3.68. The molecular formula is C15H14ClFN2O2. The Balaban J connectivity index is 2.50. The fourth-order valence-corrected chi connectivity index (χ4v) is 2.25. The maximum atomic E-state index is 13.0. The van der Waals surface area contributed by atoms with Crippen LogP contribution in [0, 0.1) is 5.82 Å². The van der Waals surface area contributed by atoms with Gasteiger partial charge >= 0.3 is 5.97 Å². The number of pyridine rings is 1. The van der Waals surface area contributed by atoms with Gasteiger partial charge in [-0.2, -0.15) is 0 Å². The van der Waals surface area contributed by atoms with E-state index < -0.39 is 17.3 Å². The lowest BCUT2D eigenvalue weighted by Crippen LogP contribution is -2.43. The number of halogens is 2. The summed E-state index contributed by atoms with van der Waals surface area (Å²) in [4.78, 5) is 15.7. The van der Waals surface area contributed by atoms with Crippen molar-refractivity contribution in [2.24, 2.45) is 0 Å². The molecule has 2 N–H and O–H groups in total. The second-order valence-corrected chi connectivity index (χ2v) is 4.94. The van der Waals surface area contributed by atoms with Gasteiger partial charge in [-0.05, 0) is 30.7 Å². The van der Waals surface area contributed by atoms with Gasteiger partial charge in [0.1, 0.15) is 5.82 Å². The minimum absolute atomic E-state index is 0.214. The maximum absolute atomic E-state index is 13.0. The third-order valence-corrected chi connectivity index (χ3v) is 3.61. The zero-order valence-electron chi connectivity index (χ0n) is 11.3. The van der Waals surface area contributed by atoms with E-state index in [4.69, 9.17) is 11.6 Å². The summed E-state index contributed by atoms with van der Waals surface area (Å²) in [5.74, 6) is -1.63. The highest BCUT2D eigenvalue weighted by Gasteiger charge is 2.40. The molecule has 0 aliphatic heterocycles. The van der Waals surface area contributed by atoms with E-state index in [1.807, 2.05) is 0 Å². The van der Waals surface area contributed by atoms with Crippen molar-refractivity contribution in [1.82, 2.24) is 4.98 Å². The first-order chi connectivity index (χ1) is 9.99. The predicted molar refractivity (Wildman–Crippen MR) is 78.9 cm³/mol. The van der Waals surface area contributed by atoms with Crippen LogP contribution in [-0.2, 0) is 10.3 Å². The molecule has 2 rings (SSSR count). The van der Waals surface area contributed by atoms with Crippen molar-refractivity contribution >= 4 is 23.3 Å². The maximum Gasteiger partial charge on any atom is 0.335 e. The van der Waals surface area contributed by atoms with Crippen LogP contribution in [0.2, 0.25) is 5.02 Å². The minimum atomic E-state index is -1.47. The lowest BCUT2D eigenvalue weighted by Gasteiger charge is -2.30. The molecule has 6 heteroatoms. The van der Waals surface area contributed by atoms with Gasteiger partial charge in [-0.1, -0.05) is 30.7 Å². The number of carboxylic acid groups (broad SMARTS) is 1. The Hall–Kier alpha value is -2.14. The average molecular weight is 309 g/mol. The first kappa shape index (κ1) is 15.3. The van der Waals surface area contributed by atoms with E-state index in [9.17, 15) is 14.3 Å². The zero-order valence-corrected chi connectivity index (χ0v) is 12.1. The molecule has 21 heavy (non-hydrogen) atoms. The molecule has 2 aromatic rings. The molecule has 0 bridgehead atoms. The van der Waals surface area contributed by atoms with Crippen LogP contribution in [0.5, 0.6) is 0 Å². The van der Waals surface area contributed by atoms with Gasteiger partial charge in [0.15, 0.2) is 5.54 Å². The summed E-state index contributed by atoms with van der Waals surface area (Å²) < 4.78 is 13.0. The van der Waals surface area contributed by atoms with Crippen molar-refractivity contribution in [3.8, 4) is 0 Å². The van der Waals surface area contributed by atoms with Gasteiger partial charge in [-0.25, -0.2) is 9.18 Å². The first-order valence-corrected chi connectivity index (χ1v) is 6.75. The molecule has 0 fully saturated rings. The van der Waals surface area contributed by atoms with Crippen LogP contribution in [0.25, 0.3) is 0 Å². The Morgan fingerprint density at radius 3 is 2.62 bits per heavy atom. The van der Waals surface area contributed by atoms with Crippen molar-refractivity contribution < 1.29 is 14.3 Å². The molecular weight excluding hydrogens is 295 g/mol. The van der Waals surface area contributed by atoms with E-state index in [-0.39, 0.29) is 12.1 Å². The smallest absolute Gasteiger partial charge is 0.335 e. The van der Waals surface area contributed by atoms with Gasteiger partial charge in [-0.3, -0.25) is 4.98 Å². The fraction of sp³-hybridized carbons (Fsp3) is 0.200. The van der Waals surface area contributed by atoms with E-state index in [1.165, 1.54) is 12.1 Å². The van der Waals surface area contributed by atoms with Crippen molar-refractivity contribution in [3.05, 3.63) is 59.1 Å². The second-order valence-electron chi connectivity index (χ2n) is 4.53. The number of nitrogens with zero attached hydrogens (tertiary/aromatic N) is 1. The molecule has 0 saturated carbocycles. The van der Waals surface area contributed by atoms with Gasteiger partial charge in [0.25, 0.3) is 0 Å². The molecule has 1 aromatic heterocycles. The van der Waals surface area contributed by atoms with Gasteiger partial charge < -0.3 is 10.4 Å². The van der Waals surface area contributed by atoms with Crippen LogP contribution < -0.4 is 5.32 Å². The summed E-state index contributed by atoms with van der Waals surface area (Å²) in [7, 11) is 0. The number of carbonyl (C=O) groups is 1. The number of hydrogen-bond acceptors (Lipinski definition) is 3. The minimum Gasteiger partial charge on any atom is -0.479 e. The number of para-hydroxylation sites is 1. The molecule has 0 aliphatic carbocycles. The topological polar surface area (TPSA) is 62.2 Å². The highest BCUT2D eigenvalue weighted by atomic mass is 35.5. The van der Waals surface area contributed by atoms with Crippen molar-refractivity contribution in [3.63, 3.8) is 0 Å². The third kappa shape index (κ3) is 2.97. The van der Waals surface area contributed by atoms with E-state index in [0.29, 0.717) is 10.7 Å². The molecule has 1 heterocycles. The second kappa shape index (κ2) is 6.10. The van der Waals surface area contributed by atoms with E-state index in [0.717, 1.165) is 6.20 Å². The molecule has 0 amide bonds. The number of carboxylic acids is 1. The lowest BCUT2D eigenvalue weighted by molar-refractivity contribution is -0.143. The summed E-state index contributed by atoms with van der Waals surface area (Å²) >= 11 is 6.07. The molecule has 1 atom stereocenters. The summed E-state index contributed by atoms with van der Waals surface area (Å²) in [5, 5.41) is 13.0. The Morgan fingerprint density at radius 2 is 2.10 bits per heavy atom. The molecule has 0 spiro atoms. The largest absolute Gasteiger partial charge is 0.479 e. The van der Waals surface area contributed by atoms with Crippen LogP contribution in [0.1, 0.15) is 19.0 Å². The summed E-state index contributed by atoms with van der Waals surface area (Å²) in [6, 6.07) is 9.37. The van der Waals surface area contributed by atoms with Crippen LogP contribution in [0.4, 0.5) is 10.1 Å². The molecule has 0 radical (unpaired) electrons. The Morgan fingerprint density at radius 1 is 1.38 bits per heavy atom. The summed E-state index contributed by atoms with van der Waals surface area (Å²) in [6.45, 7) is 1.71.